The SMILES string of the molecule is CN=C(/C=C(\C(=O)N=N)c1ccncc1)c1ccccc1. The number of hydrogen-bond donors (Lipinski definition) is 1. The highest BCUT2D eigenvalue weighted by Gasteiger charge is 2.13. The number of allylic oxidation sites excluding steroid dienone is 1. The predicted molar refractivity (Wildman–Crippen MR) is 81.3 cm³/mol. The monoisotopic (exact) mass is 278 g/mol. The highest BCUT2D eigenvalue weighted by Crippen LogP contribution is 2.17. The van der Waals surface area contributed by atoms with Crippen molar-refractivity contribution >= 4 is 17.2 Å². The fourth-order valence-electron chi connectivity index (χ4n) is 1.88. The second-order valence-corrected chi connectivity index (χ2v) is 4.19. The maximum atomic E-state index is 11.9. The molecule has 1 amide bonds. The van der Waals surface area contributed by atoms with Crippen LogP contribution >= 0.6 is 0 Å². The zero-order chi connectivity index (χ0) is 15.1. The minimum Gasteiger partial charge on any atom is -0.288 e. The first-order chi connectivity index (χ1) is 10.3. The van der Waals surface area contributed by atoms with E-state index in [2.05, 4.69) is 15.1 Å². The van der Waals surface area contributed by atoms with Crippen LogP contribution in [0, 0.1) is 5.53 Å². The molecule has 0 fully saturated rings. The smallest absolute Gasteiger partial charge is 0.288 e. The van der Waals surface area contributed by atoms with Crippen molar-refractivity contribution in [2.45, 2.75) is 0 Å². The Bertz CT molecular complexity index is 691. The number of nitrogens with zero attached hydrogens (tertiary/aromatic N) is 3. The van der Waals surface area contributed by atoms with Gasteiger partial charge in [0, 0.05) is 19.4 Å². The van der Waals surface area contributed by atoms with Crippen LogP contribution in [-0.4, -0.2) is 23.7 Å². The van der Waals surface area contributed by atoms with Crippen molar-refractivity contribution in [2.24, 2.45) is 10.1 Å². The number of carbonyl (C=O) groups is 1. The highest BCUT2D eigenvalue weighted by atomic mass is 16.1. The van der Waals surface area contributed by atoms with E-state index in [4.69, 9.17) is 5.53 Å². The molecule has 21 heavy (non-hydrogen) atoms. The van der Waals surface area contributed by atoms with Crippen molar-refractivity contribution in [2.75, 3.05) is 7.05 Å². The molecule has 0 unspecified atom stereocenters. The minimum absolute atomic E-state index is 0.317. The molecule has 104 valence electrons. The summed E-state index contributed by atoms with van der Waals surface area (Å²) in [4.78, 5) is 20.0. The van der Waals surface area contributed by atoms with E-state index in [1.165, 1.54) is 0 Å². The molecule has 1 aromatic carbocycles. The molecule has 5 nitrogen and oxygen atoms in total. The number of nitrogens with one attached hydrogen (secondary N) is 1. The quantitative estimate of drug-likeness (QED) is 0.529. The fraction of sp³-hybridized carbons (Fsp3) is 0.0625. The molecule has 0 aliphatic heterocycles. The first kappa shape index (κ1) is 14.5. The lowest BCUT2D eigenvalue weighted by Crippen LogP contribution is -2.04. The third-order valence-electron chi connectivity index (χ3n) is 2.91. The van der Waals surface area contributed by atoms with Crippen LogP contribution in [0.3, 0.4) is 0 Å². The second kappa shape index (κ2) is 7.00. The molecule has 2 rings (SSSR count). The topological polar surface area (TPSA) is 78.5 Å². The van der Waals surface area contributed by atoms with E-state index in [-0.39, 0.29) is 0 Å². The maximum Gasteiger partial charge on any atom is 0.295 e. The summed E-state index contributed by atoms with van der Waals surface area (Å²) >= 11 is 0. The Kier molecular flexibility index (Phi) is 4.82. The van der Waals surface area contributed by atoms with Gasteiger partial charge in [0.1, 0.15) is 0 Å². The van der Waals surface area contributed by atoms with Crippen molar-refractivity contribution in [1.82, 2.24) is 4.98 Å². The van der Waals surface area contributed by atoms with Crippen LogP contribution in [0.2, 0.25) is 0 Å². The van der Waals surface area contributed by atoms with Gasteiger partial charge in [-0.1, -0.05) is 30.3 Å². The van der Waals surface area contributed by atoms with Gasteiger partial charge in [-0.15, -0.1) is 5.11 Å². The standard InChI is InChI=1S/C16H14N4O/c1-18-15(13-5-3-2-4-6-13)11-14(16(21)20-17)12-7-9-19-10-8-12/h2-11,17H,1H3/b14-11-,18-15?,20-17?. The van der Waals surface area contributed by atoms with E-state index < -0.39 is 5.91 Å². The number of benzene rings is 1. The molecule has 0 atom stereocenters. The van der Waals surface area contributed by atoms with Gasteiger partial charge < -0.3 is 0 Å². The molecule has 0 radical (unpaired) electrons. The lowest BCUT2D eigenvalue weighted by molar-refractivity contribution is -0.113. The van der Waals surface area contributed by atoms with Gasteiger partial charge in [-0.2, -0.15) is 0 Å². The van der Waals surface area contributed by atoms with Gasteiger partial charge in [0.05, 0.1) is 11.3 Å². The molecule has 0 aliphatic carbocycles. The number of amides is 1. The lowest BCUT2D eigenvalue weighted by Gasteiger charge is -2.05. The zero-order valence-corrected chi connectivity index (χ0v) is 11.5. The Labute approximate surface area is 122 Å². The number of aromatic nitrogens is 1. The minimum atomic E-state index is -0.613. The Morgan fingerprint density at radius 3 is 2.33 bits per heavy atom. The lowest BCUT2D eigenvalue weighted by atomic mass is 10.0. The first-order valence-electron chi connectivity index (χ1n) is 6.32. The van der Waals surface area contributed by atoms with Crippen LogP contribution in [0.4, 0.5) is 0 Å². The summed E-state index contributed by atoms with van der Waals surface area (Å²) < 4.78 is 0. The molecule has 0 aliphatic rings. The number of aliphatic imine (C=N–C) groups is 1. The van der Waals surface area contributed by atoms with E-state index in [9.17, 15) is 4.79 Å². The molecular formula is C16H14N4O. The third kappa shape index (κ3) is 3.54. The Morgan fingerprint density at radius 2 is 1.76 bits per heavy atom. The molecule has 0 bridgehead atoms. The summed E-state index contributed by atoms with van der Waals surface area (Å²) in [6, 6.07) is 12.9. The normalized spacial score (nSPS) is 12.0. The summed E-state index contributed by atoms with van der Waals surface area (Å²) in [6.07, 6.45) is 4.82. The van der Waals surface area contributed by atoms with Crippen molar-refractivity contribution in [3.8, 4) is 0 Å². The molecule has 0 saturated heterocycles. The predicted octanol–water partition coefficient (Wildman–Crippen LogP) is 3.14. The Morgan fingerprint density at radius 1 is 1.10 bits per heavy atom. The van der Waals surface area contributed by atoms with Crippen molar-refractivity contribution < 1.29 is 4.79 Å². The molecule has 1 N–H and O–H groups in total. The summed E-state index contributed by atoms with van der Waals surface area (Å²) in [5.41, 5.74) is 9.49. The van der Waals surface area contributed by atoms with E-state index >= 15 is 0 Å². The first-order valence-corrected chi connectivity index (χ1v) is 6.32. The summed E-state index contributed by atoms with van der Waals surface area (Å²) in [5, 5.41) is 3.01. The van der Waals surface area contributed by atoms with E-state index in [1.54, 1.807) is 37.7 Å². The van der Waals surface area contributed by atoms with Crippen LogP contribution in [0.1, 0.15) is 11.1 Å². The summed E-state index contributed by atoms with van der Waals surface area (Å²) in [6.45, 7) is 0. The maximum absolute atomic E-state index is 11.9. The van der Waals surface area contributed by atoms with E-state index in [1.807, 2.05) is 30.3 Å². The van der Waals surface area contributed by atoms with Crippen molar-refractivity contribution in [1.29, 1.82) is 5.53 Å². The molecule has 2 aromatic rings. The largest absolute Gasteiger partial charge is 0.295 e. The van der Waals surface area contributed by atoms with E-state index in [0.717, 1.165) is 5.56 Å². The number of rotatable bonds is 4. The van der Waals surface area contributed by atoms with Gasteiger partial charge in [0.25, 0.3) is 5.91 Å². The molecular weight excluding hydrogens is 264 g/mol. The van der Waals surface area contributed by atoms with Crippen LogP contribution < -0.4 is 0 Å². The summed E-state index contributed by atoms with van der Waals surface area (Å²) in [7, 11) is 1.66. The van der Waals surface area contributed by atoms with Gasteiger partial charge in [-0.25, -0.2) is 5.53 Å². The van der Waals surface area contributed by atoms with Gasteiger partial charge in [-0.3, -0.25) is 14.8 Å². The summed E-state index contributed by atoms with van der Waals surface area (Å²) in [5.74, 6) is -0.613. The number of pyridine rings is 1. The highest BCUT2D eigenvalue weighted by molar-refractivity contribution is 6.26. The average Bonchev–Trinajstić information content (AvgIpc) is 2.57. The fourth-order valence-corrected chi connectivity index (χ4v) is 1.88. The zero-order valence-electron chi connectivity index (χ0n) is 11.5. The van der Waals surface area contributed by atoms with Gasteiger partial charge >= 0.3 is 0 Å². The number of hydrogen-bond acceptors (Lipinski definition) is 4. The molecule has 1 aromatic heterocycles. The molecule has 5 heteroatoms. The van der Waals surface area contributed by atoms with Gasteiger partial charge in [-0.05, 0) is 29.3 Å². The van der Waals surface area contributed by atoms with Gasteiger partial charge in [0.2, 0.25) is 0 Å². The van der Waals surface area contributed by atoms with Crippen molar-refractivity contribution in [3.05, 3.63) is 72.1 Å². The average molecular weight is 278 g/mol. The van der Waals surface area contributed by atoms with Gasteiger partial charge in [0.15, 0.2) is 0 Å². The van der Waals surface area contributed by atoms with Crippen LogP contribution in [0.5, 0.6) is 0 Å². The van der Waals surface area contributed by atoms with Crippen LogP contribution in [0.15, 0.2) is 71.0 Å². The third-order valence-corrected chi connectivity index (χ3v) is 2.91. The number of carbonyl (C=O) groups excluding carboxylic acids is 1. The Balaban J connectivity index is 2.50. The van der Waals surface area contributed by atoms with E-state index in [0.29, 0.717) is 16.8 Å². The van der Waals surface area contributed by atoms with Crippen molar-refractivity contribution in [3.63, 3.8) is 0 Å². The van der Waals surface area contributed by atoms with Crippen LogP contribution in [0.25, 0.3) is 5.57 Å². The molecule has 1 heterocycles. The molecule has 0 saturated carbocycles. The Hall–Kier alpha value is -2.95. The second-order valence-electron chi connectivity index (χ2n) is 4.19. The molecule has 0 spiro atoms. The van der Waals surface area contributed by atoms with Crippen LogP contribution in [-0.2, 0) is 4.79 Å².